The fraction of sp³-hybridized carbons (Fsp3) is 0.250. The third kappa shape index (κ3) is 4.79. The molecule has 0 unspecified atom stereocenters. The number of ether oxygens (including phenoxy) is 1. The number of amides is 1. The van der Waals surface area contributed by atoms with Gasteiger partial charge in [0.15, 0.2) is 6.61 Å². The maximum atomic E-state index is 12.2. The van der Waals surface area contributed by atoms with Gasteiger partial charge < -0.3 is 9.64 Å². The van der Waals surface area contributed by atoms with E-state index >= 15 is 0 Å². The van der Waals surface area contributed by atoms with Crippen LogP contribution in [-0.4, -0.2) is 50.6 Å². The van der Waals surface area contributed by atoms with Gasteiger partial charge in [-0.3, -0.25) is 4.79 Å². The highest BCUT2D eigenvalue weighted by Gasteiger charge is 2.14. The Labute approximate surface area is 162 Å². The number of carbonyl (C=O) groups is 2. The quantitative estimate of drug-likeness (QED) is 0.584. The highest BCUT2D eigenvalue weighted by molar-refractivity contribution is 5.91. The summed E-state index contributed by atoms with van der Waals surface area (Å²) in [7, 11) is 1.69. The summed E-state index contributed by atoms with van der Waals surface area (Å²) in [6, 6.07) is 14.7. The van der Waals surface area contributed by atoms with Crippen molar-refractivity contribution in [1.82, 2.24) is 25.1 Å². The van der Waals surface area contributed by atoms with E-state index in [1.807, 2.05) is 24.3 Å². The molecule has 0 aliphatic carbocycles. The lowest BCUT2D eigenvalue weighted by Gasteiger charge is -2.17. The zero-order chi connectivity index (χ0) is 19.9. The number of benzene rings is 2. The Morgan fingerprint density at radius 3 is 2.32 bits per heavy atom. The Morgan fingerprint density at radius 2 is 1.71 bits per heavy atom. The molecule has 1 aromatic heterocycles. The summed E-state index contributed by atoms with van der Waals surface area (Å²) in [5.74, 6) is -0.824. The molecule has 0 atom stereocenters. The summed E-state index contributed by atoms with van der Waals surface area (Å²) in [4.78, 5) is 25.9. The molecule has 0 aliphatic heterocycles. The fourth-order valence-corrected chi connectivity index (χ4v) is 2.59. The Bertz CT molecular complexity index is 921. The number of rotatable bonds is 7. The molecule has 3 rings (SSSR count). The molecular weight excluding hydrogens is 358 g/mol. The second kappa shape index (κ2) is 8.90. The lowest BCUT2D eigenvalue weighted by Crippen LogP contribution is -2.30. The van der Waals surface area contributed by atoms with Gasteiger partial charge in [0.1, 0.15) is 6.33 Å². The molecule has 0 radical (unpaired) electrons. The van der Waals surface area contributed by atoms with Crippen LogP contribution in [0.15, 0.2) is 54.9 Å². The molecule has 2 aromatic carbocycles. The summed E-state index contributed by atoms with van der Waals surface area (Å²) >= 11 is 0. The van der Waals surface area contributed by atoms with Crippen molar-refractivity contribution in [3.63, 3.8) is 0 Å². The van der Waals surface area contributed by atoms with Crippen LogP contribution in [0.2, 0.25) is 0 Å². The van der Waals surface area contributed by atoms with E-state index < -0.39 is 5.97 Å². The van der Waals surface area contributed by atoms with E-state index in [1.54, 1.807) is 31.3 Å². The van der Waals surface area contributed by atoms with Crippen molar-refractivity contribution >= 4 is 11.9 Å². The molecule has 0 fully saturated rings. The van der Waals surface area contributed by atoms with Crippen LogP contribution >= 0.6 is 0 Å². The van der Waals surface area contributed by atoms with Crippen molar-refractivity contribution in [2.75, 3.05) is 13.7 Å². The van der Waals surface area contributed by atoms with Gasteiger partial charge in [0.2, 0.25) is 0 Å². The molecule has 1 amide bonds. The number of likely N-dealkylation sites (N-methyl/N-ethyl adjacent to an activating group) is 1. The van der Waals surface area contributed by atoms with Gasteiger partial charge in [-0.1, -0.05) is 31.2 Å². The van der Waals surface area contributed by atoms with Crippen molar-refractivity contribution in [1.29, 1.82) is 0 Å². The largest absolute Gasteiger partial charge is 0.452 e. The van der Waals surface area contributed by atoms with Crippen LogP contribution in [0.4, 0.5) is 0 Å². The summed E-state index contributed by atoms with van der Waals surface area (Å²) < 4.78 is 6.61. The molecule has 0 saturated carbocycles. The summed E-state index contributed by atoms with van der Waals surface area (Å²) in [6.45, 7) is 2.25. The third-order valence-electron chi connectivity index (χ3n) is 4.32. The minimum absolute atomic E-state index is 0.266. The Kier molecular flexibility index (Phi) is 6.11. The number of hydrogen-bond acceptors (Lipinski definition) is 6. The van der Waals surface area contributed by atoms with Gasteiger partial charge >= 0.3 is 5.97 Å². The zero-order valence-corrected chi connectivity index (χ0v) is 15.8. The fourth-order valence-electron chi connectivity index (χ4n) is 2.59. The molecule has 0 bridgehead atoms. The second-order valence-corrected chi connectivity index (χ2v) is 6.30. The van der Waals surface area contributed by atoms with E-state index in [0.29, 0.717) is 17.8 Å². The van der Waals surface area contributed by atoms with Crippen molar-refractivity contribution in [3.05, 3.63) is 71.5 Å². The minimum Gasteiger partial charge on any atom is -0.452 e. The number of tetrazole rings is 1. The summed E-state index contributed by atoms with van der Waals surface area (Å²) in [6.07, 6.45) is 2.43. The van der Waals surface area contributed by atoms with Gasteiger partial charge in [0.05, 0.1) is 11.3 Å². The van der Waals surface area contributed by atoms with E-state index in [0.717, 1.165) is 12.0 Å². The van der Waals surface area contributed by atoms with E-state index in [9.17, 15) is 9.59 Å². The van der Waals surface area contributed by atoms with Gasteiger partial charge in [-0.2, -0.15) is 0 Å². The number of aromatic nitrogens is 4. The molecule has 28 heavy (non-hydrogen) atoms. The number of nitrogens with zero attached hydrogens (tertiary/aromatic N) is 5. The Hall–Kier alpha value is -3.55. The number of aryl methyl sites for hydroxylation is 1. The smallest absolute Gasteiger partial charge is 0.338 e. The Morgan fingerprint density at radius 1 is 1.04 bits per heavy atom. The molecular formula is C20H21N5O3. The average molecular weight is 379 g/mol. The van der Waals surface area contributed by atoms with Crippen LogP contribution in [0, 0.1) is 0 Å². The number of hydrogen-bond donors (Lipinski definition) is 0. The van der Waals surface area contributed by atoms with Crippen LogP contribution in [0.25, 0.3) is 5.69 Å². The van der Waals surface area contributed by atoms with Gasteiger partial charge in [-0.25, -0.2) is 9.48 Å². The van der Waals surface area contributed by atoms with Gasteiger partial charge in [-0.05, 0) is 52.2 Å². The minimum atomic E-state index is -0.558. The molecule has 8 heteroatoms. The van der Waals surface area contributed by atoms with E-state index in [1.165, 1.54) is 21.5 Å². The topological polar surface area (TPSA) is 90.2 Å². The maximum Gasteiger partial charge on any atom is 0.338 e. The standard InChI is InChI=1S/C20H21N5O3/c1-3-15-4-6-16(7-5-15)12-24(2)19(26)13-28-20(27)17-8-10-18(11-9-17)25-14-21-22-23-25/h4-11,14H,3,12-13H2,1-2H3. The monoisotopic (exact) mass is 379 g/mol. The first-order valence-electron chi connectivity index (χ1n) is 8.89. The van der Waals surface area contributed by atoms with Crippen molar-refractivity contribution < 1.29 is 14.3 Å². The molecule has 0 saturated heterocycles. The van der Waals surface area contributed by atoms with Crippen LogP contribution in [-0.2, 0) is 22.5 Å². The molecule has 8 nitrogen and oxygen atoms in total. The first kappa shape index (κ1) is 19.2. The molecule has 0 aliphatic rings. The Balaban J connectivity index is 1.50. The number of esters is 1. The molecule has 144 valence electrons. The molecule has 0 N–H and O–H groups in total. The first-order chi connectivity index (χ1) is 13.6. The summed E-state index contributed by atoms with van der Waals surface area (Å²) in [5, 5.41) is 10.9. The maximum absolute atomic E-state index is 12.2. The summed E-state index contributed by atoms with van der Waals surface area (Å²) in [5.41, 5.74) is 3.34. The van der Waals surface area contributed by atoms with E-state index in [4.69, 9.17) is 4.74 Å². The van der Waals surface area contributed by atoms with Crippen LogP contribution in [0.3, 0.4) is 0 Å². The van der Waals surface area contributed by atoms with Crippen molar-refractivity contribution in [3.8, 4) is 5.69 Å². The lowest BCUT2D eigenvalue weighted by molar-refractivity contribution is -0.133. The van der Waals surface area contributed by atoms with E-state index in [2.05, 4.69) is 22.4 Å². The predicted octanol–water partition coefficient (Wildman–Crippen LogP) is 2.04. The average Bonchev–Trinajstić information content (AvgIpc) is 3.27. The predicted molar refractivity (Wildman–Crippen MR) is 102 cm³/mol. The van der Waals surface area contributed by atoms with Crippen molar-refractivity contribution in [2.24, 2.45) is 0 Å². The van der Waals surface area contributed by atoms with Gasteiger partial charge in [-0.15, -0.1) is 5.10 Å². The molecule has 0 spiro atoms. The lowest BCUT2D eigenvalue weighted by atomic mass is 10.1. The normalized spacial score (nSPS) is 10.5. The first-order valence-corrected chi connectivity index (χ1v) is 8.89. The van der Waals surface area contributed by atoms with E-state index in [-0.39, 0.29) is 12.5 Å². The second-order valence-electron chi connectivity index (χ2n) is 6.30. The molecule has 1 heterocycles. The third-order valence-corrected chi connectivity index (χ3v) is 4.32. The zero-order valence-electron chi connectivity index (χ0n) is 15.8. The number of carbonyl (C=O) groups excluding carboxylic acids is 2. The van der Waals surface area contributed by atoms with Crippen LogP contribution < -0.4 is 0 Å². The van der Waals surface area contributed by atoms with Crippen LogP contribution in [0.5, 0.6) is 0 Å². The van der Waals surface area contributed by atoms with Gasteiger partial charge in [0, 0.05) is 13.6 Å². The van der Waals surface area contributed by atoms with Crippen LogP contribution in [0.1, 0.15) is 28.4 Å². The molecule has 3 aromatic rings. The SMILES string of the molecule is CCc1ccc(CN(C)C(=O)COC(=O)c2ccc(-n3cnnn3)cc2)cc1. The van der Waals surface area contributed by atoms with Crippen molar-refractivity contribution in [2.45, 2.75) is 19.9 Å². The highest BCUT2D eigenvalue weighted by Crippen LogP contribution is 2.10. The van der Waals surface area contributed by atoms with Gasteiger partial charge in [0.25, 0.3) is 5.91 Å². The highest BCUT2D eigenvalue weighted by atomic mass is 16.5.